The first-order chi connectivity index (χ1) is 5.15. The van der Waals surface area contributed by atoms with Crippen LogP contribution in [-0.2, 0) is 0 Å². The monoisotopic (exact) mass is 152 g/mol. The van der Waals surface area contributed by atoms with Gasteiger partial charge in [-0.15, -0.1) is 0 Å². The fourth-order valence-electron chi connectivity index (χ4n) is 1.30. The number of aryl methyl sites for hydroxylation is 2. The highest BCUT2D eigenvalue weighted by Crippen LogP contribution is 2.19. The van der Waals surface area contributed by atoms with Crippen molar-refractivity contribution in [3.63, 3.8) is 0 Å². The summed E-state index contributed by atoms with van der Waals surface area (Å²) in [7, 11) is 1.96. The molecule has 0 radical (unpaired) electrons. The summed E-state index contributed by atoms with van der Waals surface area (Å²) < 4.78 is 0. The zero-order valence-corrected chi connectivity index (χ0v) is 7.65. The van der Waals surface area contributed by atoms with Crippen molar-refractivity contribution in [1.82, 2.24) is 0 Å². The molecule has 0 saturated heterocycles. The van der Waals surface area contributed by atoms with E-state index in [9.17, 15) is 0 Å². The van der Waals surface area contributed by atoms with Crippen LogP contribution in [-0.4, -0.2) is 7.05 Å². The molecule has 0 spiro atoms. The SMILES string of the molecule is CNc1cc(C)cc(C)c1C.[2HH]. The molecular formula is C10H17N. The van der Waals surface area contributed by atoms with Crippen molar-refractivity contribution in [2.24, 2.45) is 0 Å². The lowest BCUT2D eigenvalue weighted by Crippen LogP contribution is -1.94. The number of benzene rings is 1. The van der Waals surface area contributed by atoms with Gasteiger partial charge in [-0.05, 0) is 43.5 Å². The van der Waals surface area contributed by atoms with Crippen LogP contribution in [0.4, 0.5) is 5.69 Å². The second kappa shape index (κ2) is 2.95. The third kappa shape index (κ3) is 1.53. The number of anilines is 1. The Bertz CT molecular complexity index is 269. The van der Waals surface area contributed by atoms with E-state index in [0.29, 0.717) is 0 Å². The van der Waals surface area contributed by atoms with E-state index in [2.05, 4.69) is 38.2 Å². The average molecular weight is 152 g/mol. The molecule has 1 heteroatoms. The molecule has 0 amide bonds. The first kappa shape index (κ1) is 8.12. The van der Waals surface area contributed by atoms with Crippen molar-refractivity contribution < 1.29 is 1.43 Å². The molecule has 0 heterocycles. The summed E-state index contributed by atoms with van der Waals surface area (Å²) in [5.41, 5.74) is 5.26. The summed E-state index contributed by atoms with van der Waals surface area (Å²) in [6.07, 6.45) is 0. The van der Waals surface area contributed by atoms with Gasteiger partial charge in [0, 0.05) is 14.2 Å². The van der Waals surface area contributed by atoms with Crippen LogP contribution < -0.4 is 5.32 Å². The van der Waals surface area contributed by atoms with Crippen LogP contribution in [0.2, 0.25) is 0 Å². The van der Waals surface area contributed by atoms with Gasteiger partial charge in [0.15, 0.2) is 0 Å². The van der Waals surface area contributed by atoms with Crippen LogP contribution in [0.3, 0.4) is 0 Å². The van der Waals surface area contributed by atoms with Gasteiger partial charge >= 0.3 is 0 Å². The van der Waals surface area contributed by atoms with E-state index >= 15 is 0 Å². The Morgan fingerprint density at radius 3 is 2.36 bits per heavy atom. The largest absolute Gasteiger partial charge is 0.388 e. The smallest absolute Gasteiger partial charge is 0.0372 e. The molecule has 0 aromatic heterocycles. The van der Waals surface area contributed by atoms with Crippen LogP contribution in [0.15, 0.2) is 12.1 Å². The van der Waals surface area contributed by atoms with Crippen LogP contribution in [0, 0.1) is 20.8 Å². The Kier molecular flexibility index (Phi) is 2.18. The van der Waals surface area contributed by atoms with Gasteiger partial charge < -0.3 is 5.32 Å². The summed E-state index contributed by atoms with van der Waals surface area (Å²) in [4.78, 5) is 0. The highest BCUT2D eigenvalue weighted by Gasteiger charge is 1.98. The van der Waals surface area contributed by atoms with Crippen molar-refractivity contribution in [2.75, 3.05) is 12.4 Å². The molecule has 0 aliphatic rings. The topological polar surface area (TPSA) is 12.0 Å². The van der Waals surface area contributed by atoms with E-state index in [4.69, 9.17) is 0 Å². The lowest BCUT2D eigenvalue weighted by atomic mass is 10.0. The fraction of sp³-hybridized carbons (Fsp3) is 0.400. The zero-order valence-electron chi connectivity index (χ0n) is 7.65. The third-order valence-electron chi connectivity index (χ3n) is 2.08. The third-order valence-corrected chi connectivity index (χ3v) is 2.08. The molecule has 0 unspecified atom stereocenters. The highest BCUT2D eigenvalue weighted by molar-refractivity contribution is 5.55. The van der Waals surface area contributed by atoms with Gasteiger partial charge in [-0.1, -0.05) is 6.07 Å². The normalized spacial score (nSPS) is 9.82. The molecule has 0 aliphatic heterocycles. The standard InChI is InChI=1S/C10H15N.H2/c1-7-5-8(2)9(3)10(6-7)11-4;/h5-6,11H,1-4H3;1H/i;1+1. The molecule has 11 heavy (non-hydrogen) atoms. The first-order valence-electron chi connectivity index (χ1n) is 3.90. The highest BCUT2D eigenvalue weighted by atomic mass is 14.8. The molecule has 0 bridgehead atoms. The first-order valence-corrected chi connectivity index (χ1v) is 3.90. The zero-order chi connectivity index (χ0) is 8.43. The van der Waals surface area contributed by atoms with Gasteiger partial charge in [-0.3, -0.25) is 0 Å². The fourth-order valence-corrected chi connectivity index (χ4v) is 1.30. The molecule has 1 aromatic rings. The molecule has 0 saturated carbocycles. The molecule has 1 nitrogen and oxygen atoms in total. The van der Waals surface area contributed by atoms with Crippen molar-refractivity contribution in [3.05, 3.63) is 28.8 Å². The molecule has 0 aliphatic carbocycles. The van der Waals surface area contributed by atoms with Gasteiger partial charge in [0.25, 0.3) is 0 Å². The summed E-state index contributed by atoms with van der Waals surface area (Å²) >= 11 is 0. The van der Waals surface area contributed by atoms with E-state index < -0.39 is 0 Å². The molecule has 62 valence electrons. The van der Waals surface area contributed by atoms with Crippen LogP contribution in [0.25, 0.3) is 0 Å². The predicted molar refractivity (Wildman–Crippen MR) is 52.3 cm³/mol. The van der Waals surface area contributed by atoms with Gasteiger partial charge in [0.2, 0.25) is 0 Å². The second-order valence-electron chi connectivity index (χ2n) is 3.00. The van der Waals surface area contributed by atoms with Crippen molar-refractivity contribution in [2.45, 2.75) is 20.8 Å². The predicted octanol–water partition coefficient (Wildman–Crippen LogP) is 2.90. The second-order valence-corrected chi connectivity index (χ2v) is 3.00. The lowest BCUT2D eigenvalue weighted by Gasteiger charge is -2.08. The Hall–Kier alpha value is -0.980. The Balaban J connectivity index is 0.00000121. The quantitative estimate of drug-likeness (QED) is 0.652. The van der Waals surface area contributed by atoms with E-state index in [-0.39, 0.29) is 1.43 Å². The molecule has 1 rings (SSSR count). The van der Waals surface area contributed by atoms with E-state index in [0.717, 1.165) is 0 Å². The van der Waals surface area contributed by atoms with Crippen molar-refractivity contribution in [1.29, 1.82) is 0 Å². The summed E-state index contributed by atoms with van der Waals surface area (Å²) in [6.45, 7) is 6.40. The number of nitrogens with one attached hydrogen (secondary N) is 1. The Labute approximate surface area is 69.9 Å². The van der Waals surface area contributed by atoms with Crippen LogP contribution in [0.1, 0.15) is 18.1 Å². The van der Waals surface area contributed by atoms with Crippen molar-refractivity contribution in [3.8, 4) is 0 Å². The van der Waals surface area contributed by atoms with Gasteiger partial charge in [-0.2, -0.15) is 0 Å². The van der Waals surface area contributed by atoms with E-state index in [1.54, 1.807) is 0 Å². The maximum absolute atomic E-state index is 3.18. The summed E-state index contributed by atoms with van der Waals surface area (Å²) in [6, 6.07) is 4.37. The van der Waals surface area contributed by atoms with Gasteiger partial charge in [0.1, 0.15) is 0 Å². The summed E-state index contributed by atoms with van der Waals surface area (Å²) in [5, 5.41) is 3.18. The maximum Gasteiger partial charge on any atom is 0.0372 e. The molecule has 1 aromatic carbocycles. The molecular weight excluding hydrogens is 134 g/mol. The Morgan fingerprint density at radius 1 is 1.18 bits per heavy atom. The number of rotatable bonds is 1. The minimum absolute atomic E-state index is 0. The minimum Gasteiger partial charge on any atom is -0.388 e. The van der Waals surface area contributed by atoms with Crippen molar-refractivity contribution >= 4 is 5.69 Å². The molecule has 0 fully saturated rings. The van der Waals surface area contributed by atoms with Gasteiger partial charge in [0.05, 0.1) is 0 Å². The number of hydrogen-bond donors (Lipinski definition) is 1. The Morgan fingerprint density at radius 2 is 1.82 bits per heavy atom. The maximum atomic E-state index is 3.18. The number of hydrogen-bond acceptors (Lipinski definition) is 1. The average Bonchev–Trinajstić information content (AvgIpc) is 1.96. The lowest BCUT2D eigenvalue weighted by molar-refractivity contribution is 1.28. The van der Waals surface area contributed by atoms with Crippen LogP contribution >= 0.6 is 0 Å². The molecule has 1 N–H and O–H groups in total. The van der Waals surface area contributed by atoms with E-state index in [1.165, 1.54) is 22.4 Å². The minimum atomic E-state index is 0. The van der Waals surface area contributed by atoms with E-state index in [1.807, 2.05) is 7.05 Å². The van der Waals surface area contributed by atoms with Crippen LogP contribution in [0.5, 0.6) is 0 Å². The summed E-state index contributed by atoms with van der Waals surface area (Å²) in [5.74, 6) is 0. The molecule has 0 atom stereocenters. The van der Waals surface area contributed by atoms with Gasteiger partial charge in [-0.25, -0.2) is 0 Å².